The number of benzene rings is 1. The van der Waals surface area contributed by atoms with Gasteiger partial charge in [0.05, 0.1) is 11.9 Å². The Balaban J connectivity index is 1.84. The van der Waals surface area contributed by atoms with E-state index in [4.69, 9.17) is 4.74 Å². The number of amides is 3. The molecule has 1 aromatic heterocycles. The summed E-state index contributed by atoms with van der Waals surface area (Å²) in [5.74, 6) is 0.823. The van der Waals surface area contributed by atoms with Gasteiger partial charge in [0.2, 0.25) is 5.88 Å². The zero-order valence-electron chi connectivity index (χ0n) is 15.7. The third-order valence-electron chi connectivity index (χ3n) is 4.25. The number of carbonyl (C=O) groups is 2. The van der Waals surface area contributed by atoms with Crippen molar-refractivity contribution in [1.82, 2.24) is 10.3 Å². The maximum absolute atomic E-state index is 12.4. The predicted octanol–water partition coefficient (Wildman–Crippen LogP) is 4.01. The quantitative estimate of drug-likeness (QED) is 0.847. The molecule has 1 aromatic carbocycles. The van der Waals surface area contributed by atoms with Crippen LogP contribution in [0.3, 0.4) is 0 Å². The summed E-state index contributed by atoms with van der Waals surface area (Å²) in [6.45, 7) is 9.68. The van der Waals surface area contributed by atoms with E-state index in [1.54, 1.807) is 26.0 Å². The Morgan fingerprint density at radius 2 is 1.77 bits per heavy atom. The van der Waals surface area contributed by atoms with Crippen LogP contribution < -0.4 is 15.0 Å². The predicted molar refractivity (Wildman–Crippen MR) is 99.5 cm³/mol. The minimum atomic E-state index is -0.919. The number of rotatable bonds is 3. The van der Waals surface area contributed by atoms with Crippen LogP contribution in [-0.2, 0) is 10.2 Å². The summed E-state index contributed by atoms with van der Waals surface area (Å²) in [6.07, 6.45) is 1.47. The molecular weight excluding hydrogens is 330 g/mol. The minimum Gasteiger partial charge on any atom is -0.439 e. The second kappa shape index (κ2) is 6.12. The summed E-state index contributed by atoms with van der Waals surface area (Å²) in [4.78, 5) is 29.8. The van der Waals surface area contributed by atoms with Gasteiger partial charge in [-0.2, -0.15) is 0 Å². The minimum absolute atomic E-state index is 0.0673. The van der Waals surface area contributed by atoms with Gasteiger partial charge in [-0.25, -0.2) is 14.7 Å². The van der Waals surface area contributed by atoms with Gasteiger partial charge in [0.25, 0.3) is 5.91 Å². The van der Waals surface area contributed by atoms with E-state index < -0.39 is 11.6 Å². The molecule has 0 radical (unpaired) electrons. The molecule has 0 atom stereocenters. The maximum atomic E-state index is 12.4. The van der Waals surface area contributed by atoms with Gasteiger partial charge in [-0.15, -0.1) is 0 Å². The van der Waals surface area contributed by atoms with Crippen molar-refractivity contribution < 1.29 is 14.3 Å². The Bertz CT molecular complexity index is 851. The molecule has 1 fully saturated rings. The van der Waals surface area contributed by atoms with Crippen molar-refractivity contribution in [2.45, 2.75) is 45.6 Å². The van der Waals surface area contributed by atoms with Gasteiger partial charge in [-0.3, -0.25) is 4.79 Å². The molecule has 1 aliphatic heterocycles. The number of pyridine rings is 1. The second-order valence-electron chi connectivity index (χ2n) is 7.90. The average molecular weight is 353 g/mol. The SMILES string of the molecule is CC1(C)NC(=O)N(c2ccc(Oc3ccccc3C(C)(C)C)nc2)C1=O. The Morgan fingerprint density at radius 1 is 1.08 bits per heavy atom. The van der Waals surface area contributed by atoms with Crippen LogP contribution in [0.25, 0.3) is 0 Å². The van der Waals surface area contributed by atoms with Crippen molar-refractivity contribution in [3.8, 4) is 11.6 Å². The number of hydrogen-bond donors (Lipinski definition) is 1. The van der Waals surface area contributed by atoms with Gasteiger partial charge >= 0.3 is 6.03 Å². The van der Waals surface area contributed by atoms with E-state index in [0.717, 1.165) is 16.2 Å². The fraction of sp³-hybridized carbons (Fsp3) is 0.350. The van der Waals surface area contributed by atoms with E-state index >= 15 is 0 Å². The first-order valence-electron chi connectivity index (χ1n) is 8.50. The number of hydrogen-bond acceptors (Lipinski definition) is 4. The van der Waals surface area contributed by atoms with Gasteiger partial charge in [0.15, 0.2) is 0 Å². The lowest BCUT2D eigenvalue weighted by atomic mass is 9.86. The van der Waals surface area contributed by atoms with Gasteiger partial charge in [-0.05, 0) is 31.4 Å². The summed E-state index contributed by atoms with van der Waals surface area (Å²) >= 11 is 0. The monoisotopic (exact) mass is 353 g/mol. The van der Waals surface area contributed by atoms with E-state index in [2.05, 4.69) is 31.1 Å². The Labute approximate surface area is 153 Å². The Kier molecular flexibility index (Phi) is 4.22. The molecule has 6 heteroatoms. The summed E-state index contributed by atoms with van der Waals surface area (Å²) < 4.78 is 5.93. The molecule has 3 amide bonds. The standard InChI is InChI=1S/C20H23N3O3/c1-19(2,3)14-8-6-7-9-15(14)26-16-11-10-13(12-21-16)23-17(24)20(4,5)22-18(23)25/h6-12H,1-5H3,(H,22,25). The highest BCUT2D eigenvalue weighted by molar-refractivity contribution is 6.22. The molecule has 136 valence electrons. The first-order valence-corrected chi connectivity index (χ1v) is 8.50. The van der Waals surface area contributed by atoms with Crippen LogP contribution in [-0.4, -0.2) is 22.5 Å². The molecule has 2 heterocycles. The highest BCUT2D eigenvalue weighted by Crippen LogP contribution is 2.34. The topological polar surface area (TPSA) is 71.5 Å². The Morgan fingerprint density at radius 3 is 2.31 bits per heavy atom. The van der Waals surface area contributed by atoms with Crippen LogP contribution in [0.4, 0.5) is 10.5 Å². The van der Waals surface area contributed by atoms with Gasteiger partial charge in [0, 0.05) is 11.6 Å². The smallest absolute Gasteiger partial charge is 0.329 e. The van der Waals surface area contributed by atoms with E-state index in [0.29, 0.717) is 11.6 Å². The molecular formula is C20H23N3O3. The number of nitrogens with one attached hydrogen (secondary N) is 1. The summed E-state index contributed by atoms with van der Waals surface area (Å²) in [5.41, 5.74) is 0.497. The van der Waals surface area contributed by atoms with Crippen LogP contribution in [0.1, 0.15) is 40.2 Å². The number of aromatic nitrogens is 1. The van der Waals surface area contributed by atoms with E-state index in [1.807, 2.05) is 24.3 Å². The van der Waals surface area contributed by atoms with Crippen molar-refractivity contribution in [3.05, 3.63) is 48.2 Å². The molecule has 6 nitrogen and oxygen atoms in total. The van der Waals surface area contributed by atoms with Crippen molar-refractivity contribution in [1.29, 1.82) is 0 Å². The second-order valence-corrected chi connectivity index (χ2v) is 7.90. The number of para-hydroxylation sites is 1. The number of carbonyl (C=O) groups excluding carboxylic acids is 2. The van der Waals surface area contributed by atoms with Crippen molar-refractivity contribution >= 4 is 17.6 Å². The number of imide groups is 1. The summed E-state index contributed by atoms with van der Waals surface area (Å²) in [6, 6.07) is 10.7. The van der Waals surface area contributed by atoms with Crippen LogP contribution in [0.2, 0.25) is 0 Å². The summed E-state index contributed by atoms with van der Waals surface area (Å²) in [7, 11) is 0. The van der Waals surface area contributed by atoms with Gasteiger partial charge in [0.1, 0.15) is 11.3 Å². The molecule has 26 heavy (non-hydrogen) atoms. The van der Waals surface area contributed by atoms with Crippen molar-refractivity contribution in [3.63, 3.8) is 0 Å². The zero-order valence-corrected chi connectivity index (χ0v) is 15.7. The molecule has 0 saturated carbocycles. The molecule has 0 aliphatic carbocycles. The lowest BCUT2D eigenvalue weighted by Gasteiger charge is -2.22. The van der Waals surface area contributed by atoms with E-state index in [-0.39, 0.29) is 11.3 Å². The molecule has 1 N–H and O–H groups in total. The lowest BCUT2D eigenvalue weighted by molar-refractivity contribution is -0.121. The number of urea groups is 1. The lowest BCUT2D eigenvalue weighted by Crippen LogP contribution is -2.40. The fourth-order valence-electron chi connectivity index (χ4n) is 2.84. The first-order chi connectivity index (χ1) is 12.1. The van der Waals surface area contributed by atoms with Gasteiger partial charge in [-0.1, -0.05) is 39.0 Å². The zero-order chi connectivity index (χ0) is 19.1. The molecule has 0 bridgehead atoms. The third kappa shape index (κ3) is 3.27. The number of anilines is 1. The first kappa shape index (κ1) is 17.9. The number of ether oxygens (including phenoxy) is 1. The Hall–Kier alpha value is -2.89. The van der Waals surface area contributed by atoms with Crippen LogP contribution in [0, 0.1) is 0 Å². The van der Waals surface area contributed by atoms with Crippen LogP contribution in [0.15, 0.2) is 42.6 Å². The van der Waals surface area contributed by atoms with E-state index in [1.165, 1.54) is 6.20 Å². The molecule has 0 unspecified atom stereocenters. The largest absolute Gasteiger partial charge is 0.439 e. The van der Waals surface area contributed by atoms with Crippen molar-refractivity contribution in [2.75, 3.05) is 4.90 Å². The highest BCUT2D eigenvalue weighted by atomic mass is 16.5. The van der Waals surface area contributed by atoms with Crippen LogP contribution in [0.5, 0.6) is 11.6 Å². The summed E-state index contributed by atoms with van der Waals surface area (Å²) in [5, 5.41) is 2.65. The van der Waals surface area contributed by atoms with Crippen molar-refractivity contribution in [2.24, 2.45) is 0 Å². The molecule has 1 aliphatic rings. The van der Waals surface area contributed by atoms with Gasteiger partial charge < -0.3 is 10.1 Å². The van der Waals surface area contributed by atoms with E-state index in [9.17, 15) is 9.59 Å². The fourth-order valence-corrected chi connectivity index (χ4v) is 2.84. The molecule has 2 aromatic rings. The van der Waals surface area contributed by atoms with Crippen LogP contribution >= 0.6 is 0 Å². The molecule has 0 spiro atoms. The normalized spacial score (nSPS) is 16.6. The molecule has 3 rings (SSSR count). The maximum Gasteiger partial charge on any atom is 0.329 e. The number of nitrogens with zero attached hydrogens (tertiary/aromatic N) is 2. The third-order valence-corrected chi connectivity index (χ3v) is 4.25. The highest BCUT2D eigenvalue weighted by Gasteiger charge is 2.45. The average Bonchev–Trinajstić information content (AvgIpc) is 2.76. The molecule has 1 saturated heterocycles.